The molecular formula is C15H22O4. The van der Waals surface area contributed by atoms with Crippen LogP contribution in [0.5, 0.6) is 5.75 Å². The maximum absolute atomic E-state index is 11.1. The number of carboxylic acid groups (broad SMARTS) is 1. The van der Waals surface area contributed by atoms with Gasteiger partial charge in [-0.2, -0.15) is 0 Å². The van der Waals surface area contributed by atoms with Gasteiger partial charge in [0.2, 0.25) is 0 Å². The molecule has 0 radical (unpaired) electrons. The standard InChI is InChI=1S/C15H22O4/c1-11(2)10-14(15(16)17)19-13-6-4-12(5-7-13)8-9-18-3/h4-7,11,14H,8-10H2,1-3H3,(H,16,17). The van der Waals surface area contributed by atoms with Crippen molar-refractivity contribution < 1.29 is 19.4 Å². The van der Waals surface area contributed by atoms with Crippen molar-refractivity contribution in [3.63, 3.8) is 0 Å². The summed E-state index contributed by atoms with van der Waals surface area (Å²) in [5, 5.41) is 9.11. The van der Waals surface area contributed by atoms with Crippen molar-refractivity contribution in [3.05, 3.63) is 29.8 Å². The predicted molar refractivity (Wildman–Crippen MR) is 73.5 cm³/mol. The summed E-state index contributed by atoms with van der Waals surface area (Å²) in [6.45, 7) is 4.63. The molecule has 4 heteroatoms. The van der Waals surface area contributed by atoms with Gasteiger partial charge in [0, 0.05) is 7.11 Å². The monoisotopic (exact) mass is 266 g/mol. The topological polar surface area (TPSA) is 55.8 Å². The minimum absolute atomic E-state index is 0.280. The second kappa shape index (κ2) is 7.79. The van der Waals surface area contributed by atoms with Crippen molar-refractivity contribution in [2.24, 2.45) is 5.92 Å². The number of ether oxygens (including phenoxy) is 2. The second-order valence-electron chi connectivity index (χ2n) is 4.96. The number of aliphatic carboxylic acids is 1. The van der Waals surface area contributed by atoms with Crippen LogP contribution in [-0.4, -0.2) is 30.9 Å². The van der Waals surface area contributed by atoms with Crippen LogP contribution in [0, 0.1) is 5.92 Å². The first-order valence-electron chi connectivity index (χ1n) is 6.50. The number of rotatable bonds is 8. The first kappa shape index (κ1) is 15.5. The van der Waals surface area contributed by atoms with E-state index in [2.05, 4.69) is 0 Å². The highest BCUT2D eigenvalue weighted by molar-refractivity contribution is 5.72. The summed E-state index contributed by atoms with van der Waals surface area (Å²) in [7, 11) is 1.67. The van der Waals surface area contributed by atoms with Gasteiger partial charge in [-0.3, -0.25) is 0 Å². The molecule has 0 saturated heterocycles. The molecule has 106 valence electrons. The molecule has 0 aromatic heterocycles. The van der Waals surface area contributed by atoms with E-state index in [9.17, 15) is 4.79 Å². The van der Waals surface area contributed by atoms with Crippen molar-refractivity contribution in [1.29, 1.82) is 0 Å². The lowest BCUT2D eigenvalue weighted by molar-refractivity contribution is -0.145. The highest BCUT2D eigenvalue weighted by Crippen LogP contribution is 2.17. The van der Waals surface area contributed by atoms with E-state index in [1.165, 1.54) is 0 Å². The van der Waals surface area contributed by atoms with Gasteiger partial charge < -0.3 is 14.6 Å². The Balaban J connectivity index is 2.61. The van der Waals surface area contributed by atoms with Gasteiger partial charge in [-0.25, -0.2) is 4.79 Å². The zero-order valence-corrected chi connectivity index (χ0v) is 11.8. The molecule has 1 aromatic rings. The molecule has 19 heavy (non-hydrogen) atoms. The van der Waals surface area contributed by atoms with Gasteiger partial charge in [0.1, 0.15) is 5.75 Å². The molecule has 4 nitrogen and oxygen atoms in total. The molecule has 0 fully saturated rings. The fraction of sp³-hybridized carbons (Fsp3) is 0.533. The Morgan fingerprint density at radius 1 is 1.26 bits per heavy atom. The smallest absolute Gasteiger partial charge is 0.344 e. The summed E-state index contributed by atoms with van der Waals surface area (Å²) in [6, 6.07) is 7.48. The normalized spacial score (nSPS) is 12.4. The van der Waals surface area contributed by atoms with E-state index in [4.69, 9.17) is 14.6 Å². The van der Waals surface area contributed by atoms with Gasteiger partial charge in [-0.15, -0.1) is 0 Å². The van der Waals surface area contributed by atoms with E-state index in [-0.39, 0.29) is 5.92 Å². The van der Waals surface area contributed by atoms with Crippen LogP contribution in [0.3, 0.4) is 0 Å². The van der Waals surface area contributed by atoms with Crippen molar-refractivity contribution >= 4 is 5.97 Å². The average molecular weight is 266 g/mol. The lowest BCUT2D eigenvalue weighted by Crippen LogP contribution is -2.28. The molecule has 1 unspecified atom stereocenters. The molecule has 1 aromatic carbocycles. The van der Waals surface area contributed by atoms with Crippen LogP contribution in [0.4, 0.5) is 0 Å². The number of carboxylic acids is 1. The van der Waals surface area contributed by atoms with Crippen LogP contribution in [-0.2, 0) is 16.0 Å². The lowest BCUT2D eigenvalue weighted by atomic mass is 10.1. The number of methoxy groups -OCH3 is 1. The van der Waals surface area contributed by atoms with Gasteiger partial charge in [0.25, 0.3) is 0 Å². The van der Waals surface area contributed by atoms with Gasteiger partial charge in [0.05, 0.1) is 6.61 Å². The lowest BCUT2D eigenvalue weighted by Gasteiger charge is -2.17. The zero-order chi connectivity index (χ0) is 14.3. The second-order valence-corrected chi connectivity index (χ2v) is 4.96. The minimum atomic E-state index is -0.919. The summed E-state index contributed by atoms with van der Waals surface area (Å²) >= 11 is 0. The molecular weight excluding hydrogens is 244 g/mol. The van der Waals surface area contributed by atoms with Crippen LogP contribution < -0.4 is 4.74 Å². The Labute approximate surface area is 114 Å². The van der Waals surface area contributed by atoms with Crippen molar-refractivity contribution in [2.75, 3.05) is 13.7 Å². The SMILES string of the molecule is COCCc1ccc(OC(CC(C)C)C(=O)O)cc1. The molecule has 0 aliphatic carbocycles. The number of carbonyl (C=O) groups is 1. The van der Waals surface area contributed by atoms with Gasteiger partial charge >= 0.3 is 5.97 Å². The highest BCUT2D eigenvalue weighted by atomic mass is 16.5. The summed E-state index contributed by atoms with van der Waals surface area (Å²) < 4.78 is 10.5. The maximum atomic E-state index is 11.1. The molecule has 1 N–H and O–H groups in total. The Hall–Kier alpha value is -1.55. The van der Waals surface area contributed by atoms with E-state index in [1.807, 2.05) is 26.0 Å². The fourth-order valence-corrected chi connectivity index (χ4v) is 1.75. The Morgan fingerprint density at radius 2 is 1.89 bits per heavy atom. The molecule has 1 rings (SSSR count). The molecule has 0 bridgehead atoms. The zero-order valence-electron chi connectivity index (χ0n) is 11.8. The summed E-state index contributed by atoms with van der Waals surface area (Å²) in [4.78, 5) is 11.1. The maximum Gasteiger partial charge on any atom is 0.344 e. The third-order valence-electron chi connectivity index (χ3n) is 2.76. The van der Waals surface area contributed by atoms with Crippen molar-refractivity contribution in [2.45, 2.75) is 32.8 Å². The molecule has 0 spiro atoms. The number of hydrogen-bond donors (Lipinski definition) is 1. The fourth-order valence-electron chi connectivity index (χ4n) is 1.75. The average Bonchev–Trinajstić information content (AvgIpc) is 2.36. The summed E-state index contributed by atoms with van der Waals surface area (Å²) in [6.07, 6.45) is 0.552. The van der Waals surface area contributed by atoms with Crippen molar-refractivity contribution in [1.82, 2.24) is 0 Å². The van der Waals surface area contributed by atoms with Crippen molar-refractivity contribution in [3.8, 4) is 5.75 Å². The summed E-state index contributed by atoms with van der Waals surface area (Å²) in [5.74, 6) is -0.0477. The largest absolute Gasteiger partial charge is 0.479 e. The van der Waals surface area contributed by atoms with E-state index < -0.39 is 12.1 Å². The van der Waals surface area contributed by atoms with Crippen LogP contribution in [0.2, 0.25) is 0 Å². The van der Waals surface area contributed by atoms with Gasteiger partial charge in [-0.05, 0) is 36.5 Å². The van der Waals surface area contributed by atoms with Crippen LogP contribution >= 0.6 is 0 Å². The number of hydrogen-bond acceptors (Lipinski definition) is 3. The first-order chi connectivity index (χ1) is 9.02. The quantitative estimate of drug-likeness (QED) is 0.786. The highest BCUT2D eigenvalue weighted by Gasteiger charge is 2.20. The van der Waals surface area contributed by atoms with Crippen LogP contribution in [0.1, 0.15) is 25.8 Å². The predicted octanol–water partition coefficient (Wildman–Crippen LogP) is 2.75. The third kappa shape index (κ3) is 5.75. The summed E-state index contributed by atoms with van der Waals surface area (Å²) in [5.41, 5.74) is 1.14. The van der Waals surface area contributed by atoms with Crippen LogP contribution in [0.15, 0.2) is 24.3 Å². The van der Waals surface area contributed by atoms with E-state index >= 15 is 0 Å². The van der Waals surface area contributed by atoms with Gasteiger partial charge in [-0.1, -0.05) is 26.0 Å². The number of benzene rings is 1. The van der Waals surface area contributed by atoms with E-state index in [1.54, 1.807) is 19.2 Å². The third-order valence-corrected chi connectivity index (χ3v) is 2.76. The minimum Gasteiger partial charge on any atom is -0.479 e. The Bertz CT molecular complexity index is 384. The molecule has 0 aliphatic heterocycles. The molecule has 0 aliphatic rings. The van der Waals surface area contributed by atoms with E-state index in [0.717, 1.165) is 12.0 Å². The van der Waals surface area contributed by atoms with Crippen LogP contribution in [0.25, 0.3) is 0 Å². The Morgan fingerprint density at radius 3 is 2.37 bits per heavy atom. The molecule has 0 heterocycles. The molecule has 0 amide bonds. The Kier molecular flexibility index (Phi) is 6.36. The molecule has 1 atom stereocenters. The van der Waals surface area contributed by atoms with E-state index in [0.29, 0.717) is 18.8 Å². The molecule has 0 saturated carbocycles. The van der Waals surface area contributed by atoms with Gasteiger partial charge in [0.15, 0.2) is 6.10 Å². The first-order valence-corrected chi connectivity index (χ1v) is 6.50.